The van der Waals surface area contributed by atoms with E-state index in [4.69, 9.17) is 21.4 Å². The fraction of sp³-hybridized carbons (Fsp3) is 0.176. The second kappa shape index (κ2) is 7.79. The number of H-pyrrole nitrogens is 1. The average molecular weight is 372 g/mol. The number of hydrogen-bond donors (Lipinski definition) is 1. The number of nitrogens with one attached hydrogen (secondary N) is 1. The van der Waals surface area contributed by atoms with E-state index < -0.39 is 5.97 Å². The molecule has 3 aromatic rings. The molecule has 0 atom stereocenters. The van der Waals surface area contributed by atoms with Crippen LogP contribution in [0.25, 0.3) is 0 Å². The van der Waals surface area contributed by atoms with Crippen LogP contribution in [-0.2, 0) is 11.3 Å². The fourth-order valence-corrected chi connectivity index (χ4v) is 2.33. The van der Waals surface area contributed by atoms with Gasteiger partial charge in [-0.15, -0.1) is 0 Å². The topological polar surface area (TPSA) is 94.6 Å². The van der Waals surface area contributed by atoms with Crippen LogP contribution in [0.2, 0.25) is 0 Å². The predicted molar refractivity (Wildman–Crippen MR) is 96.0 cm³/mol. The van der Waals surface area contributed by atoms with Gasteiger partial charge in [0.1, 0.15) is 23.9 Å². The summed E-state index contributed by atoms with van der Waals surface area (Å²) in [6, 6.07) is 10.6. The Bertz CT molecular complexity index is 985. The quantitative estimate of drug-likeness (QED) is 0.406. The highest BCUT2D eigenvalue weighted by Crippen LogP contribution is 2.15. The van der Waals surface area contributed by atoms with Gasteiger partial charge in [-0.05, 0) is 61.1 Å². The standard InChI is InChI=1S/C17H16N4O4S/c1-11-19-20-17(26)21(11)18-9-12-3-5-13(6-4-12)24-10-14-7-8-15(25-14)16(22)23-2/h3-9H,10H2,1-2H3,(H,20,26)/b18-9+. The van der Waals surface area contributed by atoms with Crippen LogP contribution in [0.1, 0.15) is 27.7 Å². The summed E-state index contributed by atoms with van der Waals surface area (Å²) < 4.78 is 17.5. The van der Waals surface area contributed by atoms with Gasteiger partial charge in [-0.1, -0.05) is 0 Å². The minimum Gasteiger partial charge on any atom is -0.486 e. The van der Waals surface area contributed by atoms with Crippen LogP contribution in [0.5, 0.6) is 5.75 Å². The molecular formula is C17H16N4O4S. The predicted octanol–water partition coefficient (Wildman–Crippen LogP) is 3.09. The molecule has 1 aromatic carbocycles. The van der Waals surface area contributed by atoms with E-state index in [1.807, 2.05) is 24.3 Å². The Morgan fingerprint density at radius 2 is 2.12 bits per heavy atom. The first-order valence-electron chi connectivity index (χ1n) is 7.65. The summed E-state index contributed by atoms with van der Waals surface area (Å²) in [6.07, 6.45) is 1.68. The smallest absolute Gasteiger partial charge is 0.373 e. The van der Waals surface area contributed by atoms with E-state index in [1.54, 1.807) is 25.3 Å². The number of ether oxygens (including phenoxy) is 2. The van der Waals surface area contributed by atoms with Crippen molar-refractivity contribution in [3.8, 4) is 5.75 Å². The molecule has 0 unspecified atom stereocenters. The summed E-state index contributed by atoms with van der Waals surface area (Å²) in [5.74, 6) is 1.49. The lowest BCUT2D eigenvalue weighted by Crippen LogP contribution is -1.99. The van der Waals surface area contributed by atoms with Crippen LogP contribution >= 0.6 is 12.2 Å². The fourth-order valence-electron chi connectivity index (χ4n) is 2.10. The van der Waals surface area contributed by atoms with Crippen molar-refractivity contribution >= 4 is 24.4 Å². The molecule has 0 saturated carbocycles. The lowest BCUT2D eigenvalue weighted by molar-refractivity contribution is 0.0561. The van der Waals surface area contributed by atoms with Crippen molar-refractivity contribution in [3.05, 3.63) is 64.1 Å². The number of methoxy groups -OCH3 is 1. The van der Waals surface area contributed by atoms with Crippen LogP contribution < -0.4 is 4.74 Å². The number of carbonyl (C=O) groups is 1. The molecule has 0 aliphatic rings. The van der Waals surface area contributed by atoms with Crippen molar-refractivity contribution in [2.24, 2.45) is 5.10 Å². The molecular weight excluding hydrogens is 356 g/mol. The highest BCUT2D eigenvalue weighted by atomic mass is 32.1. The van der Waals surface area contributed by atoms with Crippen LogP contribution in [-0.4, -0.2) is 34.2 Å². The molecule has 0 aliphatic carbocycles. The lowest BCUT2D eigenvalue weighted by atomic mass is 10.2. The SMILES string of the molecule is COC(=O)c1ccc(COc2ccc(/C=N/n3c(C)n[nH]c3=S)cc2)o1. The minimum absolute atomic E-state index is 0.144. The summed E-state index contributed by atoms with van der Waals surface area (Å²) in [5, 5.41) is 10.9. The largest absolute Gasteiger partial charge is 0.486 e. The normalized spacial score (nSPS) is 11.0. The molecule has 134 valence electrons. The molecule has 0 bridgehead atoms. The second-order valence-electron chi connectivity index (χ2n) is 5.25. The van der Waals surface area contributed by atoms with Gasteiger partial charge in [0.15, 0.2) is 0 Å². The number of hydrogen-bond acceptors (Lipinski definition) is 7. The molecule has 2 aromatic heterocycles. The molecule has 26 heavy (non-hydrogen) atoms. The summed E-state index contributed by atoms with van der Waals surface area (Å²) >= 11 is 5.09. The van der Waals surface area contributed by atoms with E-state index >= 15 is 0 Å². The minimum atomic E-state index is -0.521. The van der Waals surface area contributed by atoms with E-state index in [0.29, 0.717) is 22.1 Å². The molecule has 0 fully saturated rings. The van der Waals surface area contributed by atoms with Crippen LogP contribution in [0.4, 0.5) is 0 Å². The van der Waals surface area contributed by atoms with Gasteiger partial charge < -0.3 is 13.9 Å². The van der Waals surface area contributed by atoms with Crippen molar-refractivity contribution in [2.45, 2.75) is 13.5 Å². The first-order chi connectivity index (χ1) is 12.6. The third-order valence-electron chi connectivity index (χ3n) is 3.44. The molecule has 2 heterocycles. The Hall–Kier alpha value is -3.20. The van der Waals surface area contributed by atoms with Crippen molar-refractivity contribution < 1.29 is 18.7 Å². The summed E-state index contributed by atoms with van der Waals surface area (Å²) in [7, 11) is 1.30. The van der Waals surface area contributed by atoms with Gasteiger partial charge in [0.05, 0.1) is 13.3 Å². The maximum atomic E-state index is 11.3. The van der Waals surface area contributed by atoms with Crippen molar-refractivity contribution in [2.75, 3.05) is 7.11 Å². The van der Waals surface area contributed by atoms with E-state index in [0.717, 1.165) is 5.56 Å². The van der Waals surface area contributed by atoms with Crippen molar-refractivity contribution in [3.63, 3.8) is 0 Å². The first kappa shape index (κ1) is 17.6. The molecule has 3 rings (SSSR count). The number of aryl methyl sites for hydroxylation is 1. The number of furan rings is 1. The van der Waals surface area contributed by atoms with E-state index in [9.17, 15) is 4.79 Å². The van der Waals surface area contributed by atoms with Gasteiger partial charge in [-0.3, -0.25) is 5.10 Å². The zero-order valence-corrected chi connectivity index (χ0v) is 14.9. The van der Waals surface area contributed by atoms with Crippen LogP contribution in [0.3, 0.4) is 0 Å². The molecule has 9 heteroatoms. The molecule has 0 amide bonds. The Morgan fingerprint density at radius 3 is 2.77 bits per heavy atom. The zero-order chi connectivity index (χ0) is 18.5. The number of rotatable bonds is 6. The highest BCUT2D eigenvalue weighted by Gasteiger charge is 2.11. The highest BCUT2D eigenvalue weighted by molar-refractivity contribution is 7.71. The monoisotopic (exact) mass is 372 g/mol. The van der Waals surface area contributed by atoms with Crippen molar-refractivity contribution in [1.29, 1.82) is 0 Å². The Balaban J connectivity index is 1.60. The number of esters is 1. The molecule has 1 N–H and O–H groups in total. The van der Waals surface area contributed by atoms with Crippen LogP contribution in [0, 0.1) is 11.7 Å². The Morgan fingerprint density at radius 1 is 1.35 bits per heavy atom. The number of benzene rings is 1. The van der Waals surface area contributed by atoms with Gasteiger partial charge in [0, 0.05) is 0 Å². The zero-order valence-electron chi connectivity index (χ0n) is 14.1. The van der Waals surface area contributed by atoms with E-state index in [-0.39, 0.29) is 12.4 Å². The van der Waals surface area contributed by atoms with Gasteiger partial charge in [-0.2, -0.15) is 14.9 Å². The van der Waals surface area contributed by atoms with Crippen LogP contribution in [0.15, 0.2) is 45.9 Å². The third kappa shape index (κ3) is 4.06. The first-order valence-corrected chi connectivity index (χ1v) is 8.06. The van der Waals surface area contributed by atoms with Crippen molar-refractivity contribution in [1.82, 2.24) is 14.9 Å². The Kier molecular flexibility index (Phi) is 5.28. The maximum Gasteiger partial charge on any atom is 0.373 e. The molecule has 0 aliphatic heterocycles. The van der Waals surface area contributed by atoms with Gasteiger partial charge in [0.2, 0.25) is 10.5 Å². The number of aromatic amines is 1. The number of nitrogens with zero attached hydrogens (tertiary/aromatic N) is 3. The third-order valence-corrected chi connectivity index (χ3v) is 3.71. The molecule has 0 saturated heterocycles. The van der Waals surface area contributed by atoms with Gasteiger partial charge in [-0.25, -0.2) is 4.79 Å². The number of carbonyl (C=O) groups excluding carboxylic acids is 1. The molecule has 0 spiro atoms. The summed E-state index contributed by atoms with van der Waals surface area (Å²) in [6.45, 7) is 2.01. The second-order valence-corrected chi connectivity index (χ2v) is 5.63. The summed E-state index contributed by atoms with van der Waals surface area (Å²) in [4.78, 5) is 11.3. The molecule has 8 nitrogen and oxygen atoms in total. The average Bonchev–Trinajstić information content (AvgIpc) is 3.26. The number of aromatic nitrogens is 3. The summed E-state index contributed by atoms with van der Waals surface area (Å²) in [5.41, 5.74) is 0.880. The van der Waals surface area contributed by atoms with E-state index in [1.165, 1.54) is 11.8 Å². The van der Waals surface area contributed by atoms with Gasteiger partial charge >= 0.3 is 5.97 Å². The van der Waals surface area contributed by atoms with Gasteiger partial charge in [0.25, 0.3) is 0 Å². The Labute approximate surface area is 154 Å². The van der Waals surface area contributed by atoms with E-state index in [2.05, 4.69) is 20.0 Å². The molecule has 0 radical (unpaired) electrons. The maximum absolute atomic E-state index is 11.3. The lowest BCUT2D eigenvalue weighted by Gasteiger charge is -2.04.